The first-order valence-corrected chi connectivity index (χ1v) is 7.24. The second kappa shape index (κ2) is 7.94. The number of hydrogen-bond acceptors (Lipinski definition) is 3. The molecule has 3 nitrogen and oxygen atoms in total. The van der Waals surface area contributed by atoms with Gasteiger partial charge in [-0.05, 0) is 47.1 Å². The SMILES string of the molecule is CCN(C(C)COC)C(CN)c1ccc(F)c(Br)c1. The van der Waals surface area contributed by atoms with Crippen LogP contribution < -0.4 is 5.73 Å². The van der Waals surface area contributed by atoms with E-state index in [1.54, 1.807) is 19.2 Å². The molecule has 5 heteroatoms. The molecule has 0 saturated carbocycles. The third kappa shape index (κ3) is 4.24. The number of methoxy groups -OCH3 is 1. The zero-order valence-corrected chi connectivity index (χ0v) is 13.3. The van der Waals surface area contributed by atoms with Crippen LogP contribution in [0.25, 0.3) is 0 Å². The van der Waals surface area contributed by atoms with Crippen molar-refractivity contribution in [2.75, 3.05) is 26.8 Å². The summed E-state index contributed by atoms with van der Waals surface area (Å²) in [6, 6.07) is 5.38. The smallest absolute Gasteiger partial charge is 0.137 e. The van der Waals surface area contributed by atoms with Crippen LogP contribution in [0.15, 0.2) is 22.7 Å². The lowest BCUT2D eigenvalue weighted by molar-refractivity contribution is 0.0751. The zero-order chi connectivity index (χ0) is 14.4. The number of benzene rings is 1. The largest absolute Gasteiger partial charge is 0.383 e. The van der Waals surface area contributed by atoms with Crippen molar-refractivity contribution in [1.82, 2.24) is 4.90 Å². The Morgan fingerprint density at radius 2 is 2.16 bits per heavy atom. The van der Waals surface area contributed by atoms with Gasteiger partial charge in [0.2, 0.25) is 0 Å². The summed E-state index contributed by atoms with van der Waals surface area (Å²) < 4.78 is 19.0. The molecule has 2 atom stereocenters. The van der Waals surface area contributed by atoms with Crippen molar-refractivity contribution in [1.29, 1.82) is 0 Å². The van der Waals surface area contributed by atoms with Crippen LogP contribution >= 0.6 is 15.9 Å². The van der Waals surface area contributed by atoms with Gasteiger partial charge in [0, 0.05) is 25.7 Å². The van der Waals surface area contributed by atoms with Crippen LogP contribution in [0.1, 0.15) is 25.5 Å². The molecule has 19 heavy (non-hydrogen) atoms. The molecular weight excluding hydrogens is 311 g/mol. The van der Waals surface area contributed by atoms with Gasteiger partial charge in [0.1, 0.15) is 5.82 Å². The van der Waals surface area contributed by atoms with E-state index >= 15 is 0 Å². The summed E-state index contributed by atoms with van der Waals surface area (Å²) in [6.45, 7) is 6.19. The molecule has 0 aliphatic rings. The molecule has 0 aliphatic carbocycles. The monoisotopic (exact) mass is 332 g/mol. The second-order valence-corrected chi connectivity index (χ2v) is 5.41. The number of halogens is 2. The maximum Gasteiger partial charge on any atom is 0.137 e. The van der Waals surface area contributed by atoms with Gasteiger partial charge >= 0.3 is 0 Å². The average molecular weight is 333 g/mol. The van der Waals surface area contributed by atoms with E-state index in [1.807, 2.05) is 0 Å². The Hall–Kier alpha value is -0.490. The third-order valence-corrected chi connectivity index (χ3v) is 3.90. The minimum atomic E-state index is -0.257. The van der Waals surface area contributed by atoms with E-state index in [0.717, 1.165) is 12.1 Å². The molecule has 0 bridgehead atoms. The predicted molar refractivity (Wildman–Crippen MR) is 79.6 cm³/mol. The van der Waals surface area contributed by atoms with Crippen molar-refractivity contribution in [2.24, 2.45) is 5.73 Å². The van der Waals surface area contributed by atoms with Gasteiger partial charge in [0.25, 0.3) is 0 Å². The summed E-state index contributed by atoms with van der Waals surface area (Å²) in [4.78, 5) is 2.27. The molecule has 0 fully saturated rings. The van der Waals surface area contributed by atoms with E-state index in [-0.39, 0.29) is 17.9 Å². The van der Waals surface area contributed by atoms with Crippen LogP contribution in [0.5, 0.6) is 0 Å². The van der Waals surface area contributed by atoms with Crippen LogP contribution in [0.2, 0.25) is 0 Å². The number of nitrogens with zero attached hydrogens (tertiary/aromatic N) is 1. The molecule has 0 heterocycles. The van der Waals surface area contributed by atoms with Gasteiger partial charge in [-0.2, -0.15) is 0 Å². The Bertz CT molecular complexity index is 403. The first-order chi connectivity index (χ1) is 9.04. The lowest BCUT2D eigenvalue weighted by Crippen LogP contribution is -2.42. The third-order valence-electron chi connectivity index (χ3n) is 3.29. The van der Waals surface area contributed by atoms with Crippen molar-refractivity contribution in [3.05, 3.63) is 34.1 Å². The van der Waals surface area contributed by atoms with E-state index < -0.39 is 0 Å². The molecule has 108 valence electrons. The molecule has 0 aromatic heterocycles. The molecule has 0 radical (unpaired) electrons. The average Bonchev–Trinajstić information content (AvgIpc) is 2.39. The van der Waals surface area contributed by atoms with Crippen LogP contribution in [0, 0.1) is 5.82 Å². The molecule has 1 aromatic rings. The molecule has 2 unspecified atom stereocenters. The molecule has 1 aromatic carbocycles. The molecule has 2 N–H and O–H groups in total. The van der Waals surface area contributed by atoms with Gasteiger partial charge in [-0.1, -0.05) is 13.0 Å². The highest BCUT2D eigenvalue weighted by atomic mass is 79.9. The van der Waals surface area contributed by atoms with Gasteiger partial charge in [-0.25, -0.2) is 4.39 Å². The van der Waals surface area contributed by atoms with Gasteiger partial charge in [0.15, 0.2) is 0 Å². The first kappa shape index (κ1) is 16.6. The highest BCUT2D eigenvalue weighted by molar-refractivity contribution is 9.10. The second-order valence-electron chi connectivity index (χ2n) is 4.56. The minimum Gasteiger partial charge on any atom is -0.383 e. The number of hydrogen-bond donors (Lipinski definition) is 1. The number of nitrogens with two attached hydrogens (primary N) is 1. The summed E-state index contributed by atoms with van der Waals surface area (Å²) >= 11 is 3.22. The number of ether oxygens (including phenoxy) is 1. The summed E-state index contributed by atoms with van der Waals surface area (Å²) in [5.74, 6) is -0.257. The van der Waals surface area contributed by atoms with Crippen molar-refractivity contribution in [3.8, 4) is 0 Å². The van der Waals surface area contributed by atoms with E-state index in [2.05, 4.69) is 34.7 Å². The number of likely N-dealkylation sites (N-methyl/N-ethyl adjacent to an activating group) is 1. The van der Waals surface area contributed by atoms with Gasteiger partial charge in [-0.15, -0.1) is 0 Å². The fourth-order valence-electron chi connectivity index (χ4n) is 2.36. The molecular formula is C14H22BrFN2O. The van der Waals surface area contributed by atoms with E-state index in [9.17, 15) is 4.39 Å². The molecule has 0 spiro atoms. The Kier molecular flexibility index (Phi) is 6.93. The van der Waals surface area contributed by atoms with Gasteiger partial charge < -0.3 is 10.5 Å². The summed E-state index contributed by atoms with van der Waals surface area (Å²) in [5, 5.41) is 0. The summed E-state index contributed by atoms with van der Waals surface area (Å²) in [7, 11) is 1.69. The topological polar surface area (TPSA) is 38.5 Å². The van der Waals surface area contributed by atoms with E-state index in [1.165, 1.54) is 6.07 Å². The number of rotatable bonds is 7. The van der Waals surface area contributed by atoms with Crippen molar-refractivity contribution < 1.29 is 9.13 Å². The predicted octanol–water partition coefficient (Wildman–Crippen LogP) is 2.94. The standard InChI is InChI=1S/C14H22BrFN2O/c1-4-18(10(2)9-19-3)14(8-17)11-5-6-13(16)12(15)7-11/h5-7,10,14H,4,8-9,17H2,1-3H3. The normalized spacial score (nSPS) is 14.7. The summed E-state index contributed by atoms with van der Waals surface area (Å²) in [5.41, 5.74) is 6.93. The zero-order valence-electron chi connectivity index (χ0n) is 11.7. The van der Waals surface area contributed by atoms with Crippen LogP contribution in [0.3, 0.4) is 0 Å². The summed E-state index contributed by atoms with van der Waals surface area (Å²) in [6.07, 6.45) is 0. The molecule has 1 rings (SSSR count). The Labute approximate surface area is 123 Å². The maximum absolute atomic E-state index is 13.3. The van der Waals surface area contributed by atoms with Crippen LogP contribution in [-0.4, -0.2) is 37.7 Å². The minimum absolute atomic E-state index is 0.0621. The molecule has 0 amide bonds. The van der Waals surface area contributed by atoms with Crippen molar-refractivity contribution in [2.45, 2.75) is 25.9 Å². The molecule has 0 saturated heterocycles. The van der Waals surface area contributed by atoms with Crippen LogP contribution in [-0.2, 0) is 4.74 Å². The van der Waals surface area contributed by atoms with Crippen molar-refractivity contribution >= 4 is 15.9 Å². The lowest BCUT2D eigenvalue weighted by atomic mass is 10.0. The highest BCUT2D eigenvalue weighted by Gasteiger charge is 2.23. The Morgan fingerprint density at radius 1 is 1.47 bits per heavy atom. The Balaban J connectivity index is 2.99. The van der Waals surface area contributed by atoms with E-state index in [0.29, 0.717) is 17.6 Å². The highest BCUT2D eigenvalue weighted by Crippen LogP contribution is 2.26. The van der Waals surface area contributed by atoms with Crippen LogP contribution in [0.4, 0.5) is 4.39 Å². The van der Waals surface area contributed by atoms with Gasteiger partial charge in [-0.3, -0.25) is 4.90 Å². The fraction of sp³-hybridized carbons (Fsp3) is 0.571. The first-order valence-electron chi connectivity index (χ1n) is 6.44. The molecule has 0 aliphatic heterocycles. The van der Waals surface area contributed by atoms with Gasteiger partial charge in [0.05, 0.1) is 11.1 Å². The van der Waals surface area contributed by atoms with Crippen molar-refractivity contribution in [3.63, 3.8) is 0 Å². The van der Waals surface area contributed by atoms with E-state index in [4.69, 9.17) is 10.5 Å². The fourth-order valence-corrected chi connectivity index (χ4v) is 2.76. The maximum atomic E-state index is 13.3. The Morgan fingerprint density at radius 3 is 2.63 bits per heavy atom. The lowest BCUT2D eigenvalue weighted by Gasteiger charge is -2.35. The quantitative estimate of drug-likeness (QED) is 0.834.